The van der Waals surface area contributed by atoms with Crippen molar-refractivity contribution in [2.75, 3.05) is 6.54 Å². The average Bonchev–Trinajstić information content (AvgIpc) is 3.14. The van der Waals surface area contributed by atoms with Crippen molar-refractivity contribution in [1.82, 2.24) is 10.3 Å². The molecule has 0 amide bonds. The molecule has 1 fully saturated rings. The fraction of sp³-hybridized carbons (Fsp3) is 0.438. The minimum Gasteiger partial charge on any atom is -0.310 e. The van der Waals surface area contributed by atoms with Crippen LogP contribution < -0.4 is 5.32 Å². The molecule has 2 aromatic rings. The minimum atomic E-state index is 0.431. The van der Waals surface area contributed by atoms with Gasteiger partial charge in [-0.25, -0.2) is 0 Å². The molecule has 1 aromatic carbocycles. The molecule has 1 aliphatic carbocycles. The maximum atomic E-state index is 4.59. The predicted molar refractivity (Wildman–Crippen MR) is 75.5 cm³/mol. The Balaban J connectivity index is 2.01. The van der Waals surface area contributed by atoms with Gasteiger partial charge in [0.1, 0.15) is 0 Å². The number of benzene rings is 1. The van der Waals surface area contributed by atoms with E-state index >= 15 is 0 Å². The molecule has 1 saturated carbocycles. The van der Waals surface area contributed by atoms with E-state index in [9.17, 15) is 0 Å². The van der Waals surface area contributed by atoms with E-state index in [0.29, 0.717) is 11.5 Å². The van der Waals surface area contributed by atoms with E-state index < -0.39 is 0 Å². The van der Waals surface area contributed by atoms with Crippen LogP contribution in [-0.4, -0.2) is 11.5 Å². The number of fused-ring (bicyclic) bond motifs is 1. The second kappa shape index (κ2) is 4.36. The number of nitrogens with zero attached hydrogens (tertiary/aromatic N) is 1. The van der Waals surface area contributed by atoms with E-state index in [1.165, 1.54) is 23.8 Å². The molecule has 0 aliphatic heterocycles. The van der Waals surface area contributed by atoms with Gasteiger partial charge in [-0.15, -0.1) is 0 Å². The standard InChI is InChI=1S/C16H20N2/c1-3-17-15(16(2)8-9-16)13-10-12-6-4-5-7-14(12)18-11-13/h4-7,10-11,15,17H,3,8-9H2,1-2H3. The summed E-state index contributed by atoms with van der Waals surface area (Å²) in [7, 11) is 0. The average molecular weight is 240 g/mol. The van der Waals surface area contributed by atoms with E-state index in [0.717, 1.165) is 12.1 Å². The van der Waals surface area contributed by atoms with Crippen molar-refractivity contribution in [2.24, 2.45) is 5.41 Å². The van der Waals surface area contributed by atoms with Crippen molar-refractivity contribution < 1.29 is 0 Å². The highest BCUT2D eigenvalue weighted by Gasteiger charge is 2.45. The second-order valence-corrected chi connectivity index (χ2v) is 5.61. The fourth-order valence-electron chi connectivity index (χ4n) is 2.70. The number of hydrogen-bond acceptors (Lipinski definition) is 2. The lowest BCUT2D eigenvalue weighted by Gasteiger charge is -2.25. The summed E-state index contributed by atoms with van der Waals surface area (Å²) in [5.74, 6) is 0. The molecule has 3 rings (SSSR count). The van der Waals surface area contributed by atoms with E-state index in [-0.39, 0.29) is 0 Å². The summed E-state index contributed by atoms with van der Waals surface area (Å²) in [4.78, 5) is 4.59. The molecule has 94 valence electrons. The normalized spacial score (nSPS) is 18.8. The smallest absolute Gasteiger partial charge is 0.0702 e. The lowest BCUT2D eigenvalue weighted by atomic mass is 9.92. The molecule has 1 N–H and O–H groups in total. The van der Waals surface area contributed by atoms with Crippen LogP contribution in [-0.2, 0) is 0 Å². The molecular formula is C16H20N2. The summed E-state index contributed by atoms with van der Waals surface area (Å²) >= 11 is 0. The monoisotopic (exact) mass is 240 g/mol. The third-order valence-corrected chi connectivity index (χ3v) is 4.09. The largest absolute Gasteiger partial charge is 0.310 e. The summed E-state index contributed by atoms with van der Waals surface area (Å²) in [6.07, 6.45) is 4.67. The Morgan fingerprint density at radius 2 is 2.11 bits per heavy atom. The highest BCUT2D eigenvalue weighted by atomic mass is 14.9. The van der Waals surface area contributed by atoms with Gasteiger partial charge in [0.05, 0.1) is 5.52 Å². The van der Waals surface area contributed by atoms with Crippen LogP contribution in [0.5, 0.6) is 0 Å². The highest BCUT2D eigenvalue weighted by molar-refractivity contribution is 5.78. The summed E-state index contributed by atoms with van der Waals surface area (Å²) in [6.45, 7) is 5.55. The van der Waals surface area contributed by atoms with Gasteiger partial charge in [0.2, 0.25) is 0 Å². The Morgan fingerprint density at radius 3 is 2.83 bits per heavy atom. The lowest BCUT2D eigenvalue weighted by molar-refractivity contribution is 0.373. The molecule has 0 bridgehead atoms. The lowest BCUT2D eigenvalue weighted by Crippen LogP contribution is -2.27. The molecule has 1 unspecified atom stereocenters. The van der Waals surface area contributed by atoms with Crippen LogP contribution in [0.1, 0.15) is 38.3 Å². The van der Waals surface area contributed by atoms with Gasteiger partial charge in [-0.2, -0.15) is 0 Å². The van der Waals surface area contributed by atoms with Crippen LogP contribution in [0.25, 0.3) is 10.9 Å². The molecule has 18 heavy (non-hydrogen) atoms. The van der Waals surface area contributed by atoms with Gasteiger partial charge < -0.3 is 5.32 Å². The van der Waals surface area contributed by atoms with Crippen molar-refractivity contribution in [3.63, 3.8) is 0 Å². The van der Waals surface area contributed by atoms with Crippen LogP contribution in [0.15, 0.2) is 36.5 Å². The van der Waals surface area contributed by atoms with Crippen LogP contribution in [0.4, 0.5) is 0 Å². The fourth-order valence-corrected chi connectivity index (χ4v) is 2.70. The SMILES string of the molecule is CCNC(c1cnc2ccccc2c1)C1(C)CC1. The van der Waals surface area contributed by atoms with Crippen molar-refractivity contribution in [3.05, 3.63) is 42.1 Å². The van der Waals surface area contributed by atoms with Crippen LogP contribution in [0.3, 0.4) is 0 Å². The molecular weight excluding hydrogens is 220 g/mol. The molecule has 1 atom stereocenters. The van der Waals surface area contributed by atoms with Crippen molar-refractivity contribution in [2.45, 2.75) is 32.7 Å². The predicted octanol–water partition coefficient (Wildman–Crippen LogP) is 3.69. The third kappa shape index (κ3) is 2.01. The number of pyridine rings is 1. The zero-order valence-corrected chi connectivity index (χ0v) is 11.1. The van der Waals surface area contributed by atoms with Gasteiger partial charge in [-0.1, -0.05) is 32.0 Å². The zero-order chi connectivity index (χ0) is 12.6. The molecule has 0 spiro atoms. The van der Waals surface area contributed by atoms with Crippen LogP contribution in [0.2, 0.25) is 0 Å². The first-order valence-electron chi connectivity index (χ1n) is 6.81. The maximum absolute atomic E-state index is 4.59. The number of nitrogens with one attached hydrogen (secondary N) is 1. The van der Waals surface area contributed by atoms with E-state index in [1.54, 1.807) is 0 Å². The van der Waals surface area contributed by atoms with Crippen molar-refractivity contribution in [1.29, 1.82) is 0 Å². The number of hydrogen-bond donors (Lipinski definition) is 1. The quantitative estimate of drug-likeness (QED) is 0.881. The van der Waals surface area contributed by atoms with Gasteiger partial charge in [0, 0.05) is 17.6 Å². The topological polar surface area (TPSA) is 24.9 Å². The highest BCUT2D eigenvalue weighted by Crippen LogP contribution is 2.54. The Morgan fingerprint density at radius 1 is 1.33 bits per heavy atom. The molecule has 2 heteroatoms. The Labute approximate surface area is 108 Å². The number of para-hydroxylation sites is 1. The summed E-state index contributed by atoms with van der Waals surface area (Å²) in [5, 5.41) is 4.86. The van der Waals surface area contributed by atoms with E-state index in [1.807, 2.05) is 12.3 Å². The number of aromatic nitrogens is 1. The van der Waals surface area contributed by atoms with E-state index in [2.05, 4.69) is 48.4 Å². The molecule has 1 heterocycles. The summed E-state index contributed by atoms with van der Waals surface area (Å²) in [5.41, 5.74) is 2.84. The van der Waals surface area contributed by atoms with Crippen LogP contribution in [0, 0.1) is 5.41 Å². The first-order chi connectivity index (χ1) is 8.73. The van der Waals surface area contributed by atoms with Gasteiger partial charge in [-0.05, 0) is 42.5 Å². The molecule has 1 aliphatic rings. The van der Waals surface area contributed by atoms with Crippen LogP contribution >= 0.6 is 0 Å². The van der Waals surface area contributed by atoms with Gasteiger partial charge >= 0.3 is 0 Å². The molecule has 1 aromatic heterocycles. The Bertz CT molecular complexity index is 558. The van der Waals surface area contributed by atoms with Crippen molar-refractivity contribution in [3.8, 4) is 0 Å². The minimum absolute atomic E-state index is 0.431. The Hall–Kier alpha value is -1.41. The molecule has 0 saturated heterocycles. The van der Waals surface area contributed by atoms with Gasteiger partial charge in [-0.3, -0.25) is 4.98 Å². The van der Waals surface area contributed by atoms with Gasteiger partial charge in [0.15, 0.2) is 0 Å². The maximum Gasteiger partial charge on any atom is 0.0702 e. The first kappa shape index (κ1) is 11.7. The van der Waals surface area contributed by atoms with E-state index in [4.69, 9.17) is 0 Å². The molecule has 2 nitrogen and oxygen atoms in total. The van der Waals surface area contributed by atoms with Gasteiger partial charge in [0.25, 0.3) is 0 Å². The zero-order valence-electron chi connectivity index (χ0n) is 11.1. The van der Waals surface area contributed by atoms with Crippen molar-refractivity contribution >= 4 is 10.9 Å². The second-order valence-electron chi connectivity index (χ2n) is 5.61. The first-order valence-corrected chi connectivity index (χ1v) is 6.81. The third-order valence-electron chi connectivity index (χ3n) is 4.09. The summed E-state index contributed by atoms with van der Waals surface area (Å²) in [6, 6.07) is 11.1. The summed E-state index contributed by atoms with van der Waals surface area (Å²) < 4.78 is 0. The molecule has 0 radical (unpaired) electrons. The Kier molecular flexibility index (Phi) is 2.83. The number of rotatable bonds is 4.